The lowest BCUT2D eigenvalue weighted by atomic mass is 10.2. The highest BCUT2D eigenvalue weighted by molar-refractivity contribution is 7.93. The topological polar surface area (TPSA) is 111 Å². The lowest BCUT2D eigenvalue weighted by Gasteiger charge is -2.07. The summed E-state index contributed by atoms with van der Waals surface area (Å²) in [5.41, 5.74) is 0.571. The predicted molar refractivity (Wildman–Crippen MR) is 84.6 cm³/mol. The van der Waals surface area contributed by atoms with Crippen molar-refractivity contribution in [3.8, 4) is 11.7 Å². The fourth-order valence-corrected chi connectivity index (χ4v) is 3.39. The number of fused-ring (bicyclic) bond motifs is 1. The highest BCUT2D eigenvalue weighted by Crippen LogP contribution is 2.25. The van der Waals surface area contributed by atoms with Crippen LogP contribution in [0.3, 0.4) is 0 Å². The van der Waals surface area contributed by atoms with E-state index in [9.17, 15) is 8.42 Å². The number of hydrogen-bond acceptors (Lipinski definition) is 7. The summed E-state index contributed by atoms with van der Waals surface area (Å²) in [5, 5.41) is 7.93. The van der Waals surface area contributed by atoms with E-state index in [2.05, 4.69) is 19.9 Å². The van der Waals surface area contributed by atoms with Crippen molar-refractivity contribution in [2.45, 2.75) is 4.90 Å². The molecule has 24 heavy (non-hydrogen) atoms. The molecule has 0 unspecified atom stereocenters. The van der Waals surface area contributed by atoms with E-state index in [0.717, 1.165) is 0 Å². The molecular formula is C15H10N4O4S. The van der Waals surface area contributed by atoms with Crippen molar-refractivity contribution in [3.05, 3.63) is 54.9 Å². The van der Waals surface area contributed by atoms with Gasteiger partial charge in [0.2, 0.25) is 0 Å². The molecule has 0 saturated heterocycles. The van der Waals surface area contributed by atoms with Gasteiger partial charge >= 0.3 is 6.01 Å². The summed E-state index contributed by atoms with van der Waals surface area (Å²) in [5.74, 6) is 0.430. The van der Waals surface area contributed by atoms with Gasteiger partial charge in [-0.3, -0.25) is 4.98 Å². The van der Waals surface area contributed by atoms with Crippen molar-refractivity contribution in [2.75, 3.05) is 4.72 Å². The maximum absolute atomic E-state index is 12.6. The average Bonchev–Trinajstić information content (AvgIpc) is 3.25. The third-order valence-electron chi connectivity index (χ3n) is 3.27. The number of hydrogen-bond donors (Lipinski definition) is 1. The van der Waals surface area contributed by atoms with Crippen molar-refractivity contribution in [3.63, 3.8) is 0 Å². The van der Waals surface area contributed by atoms with E-state index in [1.165, 1.54) is 12.3 Å². The number of pyridine rings is 1. The Balaban J connectivity index is 1.71. The smallest absolute Gasteiger partial charge is 0.330 e. The number of anilines is 1. The van der Waals surface area contributed by atoms with Gasteiger partial charge in [0, 0.05) is 11.6 Å². The molecule has 8 nitrogen and oxygen atoms in total. The summed E-state index contributed by atoms with van der Waals surface area (Å²) in [6, 6.07) is 11.2. The van der Waals surface area contributed by atoms with Crippen LogP contribution >= 0.6 is 0 Å². The van der Waals surface area contributed by atoms with Crippen molar-refractivity contribution >= 4 is 26.9 Å². The van der Waals surface area contributed by atoms with Crippen LogP contribution in [0.1, 0.15) is 0 Å². The van der Waals surface area contributed by atoms with Gasteiger partial charge in [-0.25, -0.2) is 13.1 Å². The highest BCUT2D eigenvalue weighted by atomic mass is 32.2. The number of nitrogens with zero attached hydrogens (tertiary/aromatic N) is 3. The molecule has 4 rings (SSSR count). The molecule has 0 amide bonds. The molecule has 0 bridgehead atoms. The summed E-state index contributed by atoms with van der Waals surface area (Å²) in [6.45, 7) is 0. The largest absolute Gasteiger partial charge is 0.459 e. The number of furan rings is 1. The Bertz CT molecular complexity index is 1100. The second kappa shape index (κ2) is 5.46. The summed E-state index contributed by atoms with van der Waals surface area (Å²) in [6.07, 6.45) is 3.05. The molecular weight excluding hydrogens is 332 g/mol. The zero-order valence-electron chi connectivity index (χ0n) is 12.1. The molecule has 3 heterocycles. The van der Waals surface area contributed by atoms with Crippen molar-refractivity contribution in [2.24, 2.45) is 0 Å². The van der Waals surface area contributed by atoms with Crippen LogP contribution in [0.25, 0.3) is 22.6 Å². The zero-order valence-corrected chi connectivity index (χ0v) is 12.9. The Morgan fingerprint density at radius 2 is 1.92 bits per heavy atom. The van der Waals surface area contributed by atoms with Crippen LogP contribution in [0.15, 0.2) is 68.7 Å². The van der Waals surface area contributed by atoms with Gasteiger partial charge < -0.3 is 8.83 Å². The molecule has 0 atom stereocenters. The van der Waals surface area contributed by atoms with Gasteiger partial charge in [0.1, 0.15) is 0 Å². The molecule has 9 heteroatoms. The van der Waals surface area contributed by atoms with E-state index in [4.69, 9.17) is 8.83 Å². The number of benzene rings is 1. The second-order valence-corrected chi connectivity index (χ2v) is 6.47. The first kappa shape index (κ1) is 14.4. The minimum absolute atomic E-state index is 0.0749. The van der Waals surface area contributed by atoms with Crippen LogP contribution in [0.4, 0.5) is 6.01 Å². The number of rotatable bonds is 4. The Morgan fingerprint density at radius 1 is 1.00 bits per heavy atom. The molecule has 0 aliphatic carbocycles. The van der Waals surface area contributed by atoms with Crippen LogP contribution < -0.4 is 4.72 Å². The van der Waals surface area contributed by atoms with E-state index < -0.39 is 10.0 Å². The summed E-state index contributed by atoms with van der Waals surface area (Å²) < 4.78 is 37.9. The van der Waals surface area contributed by atoms with Crippen LogP contribution in [-0.4, -0.2) is 23.6 Å². The number of aromatic nitrogens is 3. The van der Waals surface area contributed by atoms with Gasteiger partial charge in [0.05, 0.1) is 16.7 Å². The lowest BCUT2D eigenvalue weighted by molar-refractivity contribution is 0.524. The molecule has 1 aromatic carbocycles. The molecule has 4 aromatic rings. The Labute approximate surface area is 136 Å². The van der Waals surface area contributed by atoms with Gasteiger partial charge in [-0.05, 0) is 36.4 Å². The first-order valence-corrected chi connectivity index (χ1v) is 8.36. The van der Waals surface area contributed by atoms with E-state index in [-0.39, 0.29) is 16.8 Å². The number of nitrogens with one attached hydrogen (secondary N) is 1. The van der Waals surface area contributed by atoms with Crippen LogP contribution in [0, 0.1) is 0 Å². The Morgan fingerprint density at radius 3 is 2.75 bits per heavy atom. The first-order valence-electron chi connectivity index (χ1n) is 6.87. The molecule has 0 aliphatic heterocycles. The molecule has 0 aliphatic rings. The normalized spacial score (nSPS) is 11.7. The predicted octanol–water partition coefficient (Wildman–Crippen LogP) is 2.68. The van der Waals surface area contributed by atoms with E-state index >= 15 is 0 Å². The van der Waals surface area contributed by atoms with Crippen LogP contribution in [0.2, 0.25) is 0 Å². The van der Waals surface area contributed by atoms with Crippen molar-refractivity contribution < 1.29 is 17.3 Å². The van der Waals surface area contributed by atoms with E-state index in [0.29, 0.717) is 16.7 Å². The third-order valence-corrected chi connectivity index (χ3v) is 4.65. The van der Waals surface area contributed by atoms with Crippen LogP contribution in [0.5, 0.6) is 0 Å². The molecule has 120 valence electrons. The van der Waals surface area contributed by atoms with Gasteiger partial charge in [-0.15, -0.1) is 5.10 Å². The summed E-state index contributed by atoms with van der Waals surface area (Å²) in [4.78, 5) is 4.22. The van der Waals surface area contributed by atoms with Crippen LogP contribution in [-0.2, 0) is 10.0 Å². The maximum atomic E-state index is 12.6. The lowest BCUT2D eigenvalue weighted by Crippen LogP contribution is -2.13. The fourth-order valence-electron chi connectivity index (χ4n) is 2.24. The highest BCUT2D eigenvalue weighted by Gasteiger charge is 2.21. The Kier molecular flexibility index (Phi) is 3.28. The maximum Gasteiger partial charge on any atom is 0.330 e. The molecule has 0 saturated carbocycles. The molecule has 3 aromatic heterocycles. The molecule has 0 spiro atoms. The first-order chi connectivity index (χ1) is 11.6. The summed E-state index contributed by atoms with van der Waals surface area (Å²) >= 11 is 0. The average molecular weight is 342 g/mol. The van der Waals surface area contributed by atoms with Gasteiger partial charge in [0.15, 0.2) is 5.76 Å². The zero-order chi connectivity index (χ0) is 16.6. The number of sulfonamides is 1. The molecule has 0 fully saturated rings. The SMILES string of the molecule is O=S(=O)(Nc1nnc(-c2ccco2)o1)c1cccc2ncccc12. The fraction of sp³-hybridized carbons (Fsp3) is 0. The van der Waals surface area contributed by atoms with Crippen molar-refractivity contribution in [1.82, 2.24) is 15.2 Å². The molecule has 1 N–H and O–H groups in total. The minimum Gasteiger partial charge on any atom is -0.459 e. The monoisotopic (exact) mass is 342 g/mol. The van der Waals surface area contributed by atoms with Crippen molar-refractivity contribution in [1.29, 1.82) is 0 Å². The Hall–Kier alpha value is -3.20. The molecule has 0 radical (unpaired) electrons. The van der Waals surface area contributed by atoms with E-state index in [1.807, 2.05) is 0 Å². The standard InChI is InChI=1S/C15H10N4O4S/c20-24(21,13-7-1-5-11-10(13)4-2-8-16-11)19-15-18-17-14(23-15)12-6-3-9-22-12/h1-9H,(H,18,19). The van der Waals surface area contributed by atoms with Gasteiger partial charge in [0.25, 0.3) is 15.9 Å². The quantitative estimate of drug-likeness (QED) is 0.607. The summed E-state index contributed by atoms with van der Waals surface area (Å²) in [7, 11) is -3.91. The minimum atomic E-state index is -3.91. The third kappa shape index (κ3) is 2.50. The van der Waals surface area contributed by atoms with Gasteiger partial charge in [-0.2, -0.15) is 0 Å². The van der Waals surface area contributed by atoms with Gasteiger partial charge in [-0.1, -0.05) is 11.2 Å². The van der Waals surface area contributed by atoms with E-state index in [1.54, 1.807) is 42.6 Å². The second-order valence-electron chi connectivity index (χ2n) is 4.82.